The number of carbonyl (C=O) groups excluding carboxylic acids is 3. The predicted octanol–water partition coefficient (Wildman–Crippen LogP) is 3.23. The third-order valence-corrected chi connectivity index (χ3v) is 5.01. The van der Waals surface area contributed by atoms with Crippen molar-refractivity contribution in [3.8, 4) is 0 Å². The van der Waals surface area contributed by atoms with E-state index >= 15 is 0 Å². The highest BCUT2D eigenvalue weighted by Crippen LogP contribution is 2.16. The molecule has 0 spiro atoms. The number of anilines is 1. The number of carbonyl (C=O) groups is 3. The first kappa shape index (κ1) is 21.4. The molecule has 2 N–H and O–H groups in total. The molecule has 0 radical (unpaired) electrons. The summed E-state index contributed by atoms with van der Waals surface area (Å²) >= 11 is 5.22. The summed E-state index contributed by atoms with van der Waals surface area (Å²) in [5.74, 6) is -0.887. The highest BCUT2D eigenvalue weighted by atomic mass is 32.1. The molecule has 30 heavy (non-hydrogen) atoms. The largest absolute Gasteiger partial charge is 0.465 e. The number of hydrogen-bond donors (Lipinski definition) is 2. The molecule has 0 aliphatic carbocycles. The maximum absolute atomic E-state index is 12.7. The van der Waals surface area contributed by atoms with Crippen LogP contribution in [0.3, 0.4) is 0 Å². The number of methoxy groups -OCH3 is 1. The minimum absolute atomic E-state index is 0.000926. The van der Waals surface area contributed by atoms with Crippen molar-refractivity contribution < 1.29 is 19.1 Å². The van der Waals surface area contributed by atoms with Gasteiger partial charge in [0.1, 0.15) is 0 Å². The third kappa shape index (κ3) is 5.42. The van der Waals surface area contributed by atoms with Gasteiger partial charge in [-0.15, -0.1) is 0 Å². The summed E-state index contributed by atoms with van der Waals surface area (Å²) in [6, 6.07) is 13.1. The molecule has 1 heterocycles. The molecule has 1 fully saturated rings. The molecule has 1 saturated heterocycles. The zero-order chi connectivity index (χ0) is 21.5. The van der Waals surface area contributed by atoms with Gasteiger partial charge in [-0.1, -0.05) is 6.07 Å². The SMILES string of the molecule is COC(=O)c1ccc(C(=O)NC(=S)Nc2cccc(C(=O)N3CCCCC3)c2)cc1. The van der Waals surface area contributed by atoms with Gasteiger partial charge in [0.2, 0.25) is 0 Å². The number of ether oxygens (including phenoxy) is 1. The van der Waals surface area contributed by atoms with Crippen LogP contribution in [0.5, 0.6) is 0 Å². The van der Waals surface area contributed by atoms with Crippen LogP contribution >= 0.6 is 12.2 Å². The second-order valence-corrected chi connectivity index (χ2v) is 7.32. The Morgan fingerprint density at radius 3 is 2.27 bits per heavy atom. The fourth-order valence-corrected chi connectivity index (χ4v) is 3.43. The zero-order valence-electron chi connectivity index (χ0n) is 16.6. The number of hydrogen-bond acceptors (Lipinski definition) is 5. The Morgan fingerprint density at radius 1 is 0.933 bits per heavy atom. The van der Waals surface area contributed by atoms with Gasteiger partial charge in [0, 0.05) is 29.9 Å². The molecular weight excluding hydrogens is 402 g/mol. The molecule has 156 valence electrons. The van der Waals surface area contributed by atoms with E-state index in [9.17, 15) is 14.4 Å². The lowest BCUT2D eigenvalue weighted by molar-refractivity contribution is 0.0600. The molecule has 0 unspecified atom stereocenters. The topological polar surface area (TPSA) is 87.7 Å². The molecule has 2 aromatic rings. The maximum atomic E-state index is 12.7. The highest BCUT2D eigenvalue weighted by Gasteiger charge is 2.18. The van der Waals surface area contributed by atoms with E-state index in [1.165, 1.54) is 31.4 Å². The number of likely N-dealkylation sites (tertiary alicyclic amines) is 1. The van der Waals surface area contributed by atoms with Gasteiger partial charge >= 0.3 is 5.97 Å². The molecule has 0 aromatic heterocycles. The van der Waals surface area contributed by atoms with Crippen molar-refractivity contribution in [3.63, 3.8) is 0 Å². The second kappa shape index (κ2) is 9.98. The Hall–Kier alpha value is -3.26. The van der Waals surface area contributed by atoms with E-state index in [1.54, 1.807) is 24.3 Å². The minimum atomic E-state index is -0.474. The minimum Gasteiger partial charge on any atom is -0.465 e. The van der Waals surface area contributed by atoms with E-state index < -0.39 is 11.9 Å². The molecule has 3 rings (SSSR count). The summed E-state index contributed by atoms with van der Waals surface area (Å²) in [5, 5.41) is 5.63. The summed E-state index contributed by atoms with van der Waals surface area (Å²) in [5.41, 5.74) is 1.89. The number of thiocarbonyl (C=S) groups is 1. The van der Waals surface area contributed by atoms with Gasteiger partial charge in [-0.2, -0.15) is 0 Å². The van der Waals surface area contributed by atoms with Gasteiger partial charge in [-0.05, 0) is 73.9 Å². The number of esters is 1. The average molecular weight is 426 g/mol. The Bertz CT molecular complexity index is 953. The molecule has 1 aliphatic rings. The molecule has 0 atom stereocenters. The lowest BCUT2D eigenvalue weighted by Crippen LogP contribution is -2.36. The van der Waals surface area contributed by atoms with Crippen molar-refractivity contribution in [1.82, 2.24) is 10.2 Å². The van der Waals surface area contributed by atoms with E-state index in [1.807, 2.05) is 4.90 Å². The number of benzene rings is 2. The fraction of sp³-hybridized carbons (Fsp3) is 0.273. The van der Waals surface area contributed by atoms with Crippen molar-refractivity contribution >= 4 is 40.8 Å². The first-order valence-corrected chi connectivity index (χ1v) is 10.1. The van der Waals surface area contributed by atoms with E-state index in [4.69, 9.17) is 12.2 Å². The van der Waals surface area contributed by atoms with Crippen LogP contribution in [-0.4, -0.2) is 48.0 Å². The van der Waals surface area contributed by atoms with Gasteiger partial charge < -0.3 is 15.0 Å². The van der Waals surface area contributed by atoms with E-state index in [-0.39, 0.29) is 11.0 Å². The predicted molar refractivity (Wildman–Crippen MR) is 118 cm³/mol. The Balaban J connectivity index is 1.60. The van der Waals surface area contributed by atoms with Gasteiger partial charge in [0.25, 0.3) is 11.8 Å². The number of amides is 2. The molecular formula is C22H23N3O4S. The van der Waals surface area contributed by atoms with Gasteiger partial charge in [-0.25, -0.2) is 4.79 Å². The highest BCUT2D eigenvalue weighted by molar-refractivity contribution is 7.80. The van der Waals surface area contributed by atoms with Crippen LogP contribution in [-0.2, 0) is 4.74 Å². The van der Waals surface area contributed by atoms with Gasteiger partial charge in [0.05, 0.1) is 12.7 Å². The van der Waals surface area contributed by atoms with Crippen LogP contribution in [0.4, 0.5) is 5.69 Å². The smallest absolute Gasteiger partial charge is 0.337 e. The summed E-state index contributed by atoms with van der Waals surface area (Å²) < 4.78 is 4.64. The third-order valence-electron chi connectivity index (χ3n) is 4.81. The van der Waals surface area contributed by atoms with Crippen molar-refractivity contribution in [2.24, 2.45) is 0 Å². The summed E-state index contributed by atoms with van der Waals surface area (Å²) in [6.07, 6.45) is 3.21. The number of piperidine rings is 1. The van der Waals surface area contributed by atoms with Crippen LogP contribution in [0.25, 0.3) is 0 Å². The first-order chi connectivity index (χ1) is 14.5. The summed E-state index contributed by atoms with van der Waals surface area (Å²) in [4.78, 5) is 38.4. The molecule has 7 nitrogen and oxygen atoms in total. The number of rotatable bonds is 4. The van der Waals surface area contributed by atoms with Crippen LogP contribution in [0.15, 0.2) is 48.5 Å². The van der Waals surface area contributed by atoms with E-state index in [2.05, 4.69) is 15.4 Å². The number of nitrogens with zero attached hydrogens (tertiary/aromatic N) is 1. The van der Waals surface area contributed by atoms with Crippen molar-refractivity contribution in [2.75, 3.05) is 25.5 Å². The van der Waals surface area contributed by atoms with Crippen LogP contribution in [0.1, 0.15) is 50.3 Å². The quantitative estimate of drug-likeness (QED) is 0.578. The van der Waals surface area contributed by atoms with Gasteiger partial charge in [0.15, 0.2) is 5.11 Å². The fourth-order valence-electron chi connectivity index (χ4n) is 3.22. The summed E-state index contributed by atoms with van der Waals surface area (Å²) in [7, 11) is 1.29. The van der Waals surface area contributed by atoms with Crippen LogP contribution in [0, 0.1) is 0 Å². The Kier molecular flexibility index (Phi) is 7.13. The standard InChI is InChI=1S/C22H23N3O4S/c1-29-21(28)16-10-8-15(9-11-16)19(26)24-22(30)23-18-7-5-6-17(14-18)20(27)25-12-3-2-4-13-25/h5-11,14H,2-4,12-13H2,1H3,(H2,23,24,26,30). The molecule has 0 bridgehead atoms. The van der Waals surface area contributed by atoms with Crippen molar-refractivity contribution in [1.29, 1.82) is 0 Å². The summed E-state index contributed by atoms with van der Waals surface area (Å²) in [6.45, 7) is 1.56. The normalized spacial score (nSPS) is 13.3. The average Bonchev–Trinajstić information content (AvgIpc) is 2.78. The zero-order valence-corrected chi connectivity index (χ0v) is 17.5. The Labute approximate surface area is 180 Å². The van der Waals surface area contributed by atoms with Crippen LogP contribution < -0.4 is 10.6 Å². The van der Waals surface area contributed by atoms with Gasteiger partial charge in [-0.3, -0.25) is 14.9 Å². The molecule has 2 aromatic carbocycles. The maximum Gasteiger partial charge on any atom is 0.337 e. The van der Waals surface area contributed by atoms with Crippen LogP contribution in [0.2, 0.25) is 0 Å². The molecule has 2 amide bonds. The number of nitrogens with one attached hydrogen (secondary N) is 2. The molecule has 8 heteroatoms. The molecule has 1 aliphatic heterocycles. The van der Waals surface area contributed by atoms with Crippen molar-refractivity contribution in [3.05, 3.63) is 65.2 Å². The van der Waals surface area contributed by atoms with Crippen molar-refractivity contribution in [2.45, 2.75) is 19.3 Å². The Morgan fingerprint density at radius 2 is 1.60 bits per heavy atom. The van der Waals surface area contributed by atoms with E-state index in [0.29, 0.717) is 22.4 Å². The first-order valence-electron chi connectivity index (χ1n) is 9.68. The monoisotopic (exact) mass is 425 g/mol. The molecule has 0 saturated carbocycles. The lowest BCUT2D eigenvalue weighted by atomic mass is 10.1. The van der Waals surface area contributed by atoms with E-state index in [0.717, 1.165) is 32.4 Å². The lowest BCUT2D eigenvalue weighted by Gasteiger charge is -2.26. The second-order valence-electron chi connectivity index (χ2n) is 6.91.